The predicted octanol–water partition coefficient (Wildman–Crippen LogP) is 0.981. The molecule has 0 atom stereocenters. The van der Waals surface area contributed by atoms with Crippen molar-refractivity contribution in [2.75, 3.05) is 23.8 Å². The molecule has 0 saturated carbocycles. The predicted molar refractivity (Wildman–Crippen MR) is 68.1 cm³/mol. The summed E-state index contributed by atoms with van der Waals surface area (Å²) in [4.78, 5) is 14.1. The van der Waals surface area contributed by atoms with Crippen molar-refractivity contribution in [2.24, 2.45) is 0 Å². The van der Waals surface area contributed by atoms with Crippen LogP contribution in [-0.2, 0) is 0 Å². The van der Waals surface area contributed by atoms with E-state index in [2.05, 4.69) is 21.0 Å². The van der Waals surface area contributed by atoms with Gasteiger partial charge in [0.2, 0.25) is 11.9 Å². The monoisotopic (exact) mass is 250 g/mol. The lowest BCUT2D eigenvalue weighted by atomic mass is 10.3. The molecular weight excluding hydrogens is 232 g/mol. The molecule has 0 fully saturated rings. The van der Waals surface area contributed by atoms with E-state index in [1.807, 2.05) is 25.7 Å². The van der Waals surface area contributed by atoms with E-state index in [1.54, 1.807) is 0 Å². The molecule has 0 radical (unpaired) electrons. The van der Waals surface area contributed by atoms with Crippen LogP contribution < -0.4 is 15.4 Å². The maximum absolute atomic E-state index is 8.66. The van der Waals surface area contributed by atoms with E-state index >= 15 is 0 Å². The first-order valence-corrected chi connectivity index (χ1v) is 5.86. The van der Waals surface area contributed by atoms with Crippen LogP contribution in [0.15, 0.2) is 0 Å². The Morgan fingerprint density at radius 2 is 2.11 bits per heavy atom. The smallest absolute Gasteiger partial charge is 0.323 e. The Hall–Kier alpha value is -2.10. The zero-order chi connectivity index (χ0) is 13.5. The highest BCUT2D eigenvalue weighted by Crippen LogP contribution is 2.16. The topological polar surface area (TPSA) is 101 Å². The standard InChI is InChI=1S/C11H18N6O/c1-4-18-11-15-9(13)14-10(16-11)17(8(2)3)7-5-6-12/h8H,4-5,7H2,1-3H3,(H2,13,14,15,16). The summed E-state index contributed by atoms with van der Waals surface area (Å²) < 4.78 is 5.23. The van der Waals surface area contributed by atoms with Crippen LogP contribution in [0.5, 0.6) is 6.01 Å². The van der Waals surface area contributed by atoms with Crippen LogP contribution in [-0.4, -0.2) is 34.1 Å². The highest BCUT2D eigenvalue weighted by molar-refractivity contribution is 5.37. The first-order chi connectivity index (χ1) is 8.58. The van der Waals surface area contributed by atoms with Gasteiger partial charge in [-0.1, -0.05) is 0 Å². The number of hydrogen-bond donors (Lipinski definition) is 1. The lowest BCUT2D eigenvalue weighted by Crippen LogP contribution is -2.33. The lowest BCUT2D eigenvalue weighted by molar-refractivity contribution is 0.312. The van der Waals surface area contributed by atoms with Gasteiger partial charge in [-0.25, -0.2) is 0 Å². The number of rotatable bonds is 6. The summed E-state index contributed by atoms with van der Waals surface area (Å²) in [5.41, 5.74) is 5.62. The summed E-state index contributed by atoms with van der Waals surface area (Å²) in [5.74, 6) is 0.558. The van der Waals surface area contributed by atoms with Crippen molar-refractivity contribution in [2.45, 2.75) is 33.2 Å². The molecular formula is C11H18N6O. The second kappa shape index (κ2) is 6.59. The van der Waals surface area contributed by atoms with Crippen LogP contribution in [0.2, 0.25) is 0 Å². The van der Waals surface area contributed by atoms with Gasteiger partial charge in [-0.15, -0.1) is 0 Å². The van der Waals surface area contributed by atoms with Gasteiger partial charge in [0.05, 0.1) is 19.1 Å². The van der Waals surface area contributed by atoms with E-state index in [1.165, 1.54) is 0 Å². The first-order valence-electron chi connectivity index (χ1n) is 5.86. The fourth-order valence-corrected chi connectivity index (χ4v) is 1.44. The Labute approximate surface area is 107 Å². The normalized spacial score (nSPS) is 10.2. The van der Waals surface area contributed by atoms with Gasteiger partial charge in [0, 0.05) is 12.6 Å². The summed E-state index contributed by atoms with van der Waals surface area (Å²) >= 11 is 0. The van der Waals surface area contributed by atoms with Crippen molar-refractivity contribution < 1.29 is 4.74 Å². The van der Waals surface area contributed by atoms with Crippen molar-refractivity contribution in [1.82, 2.24) is 15.0 Å². The number of nitrogens with two attached hydrogens (primary N) is 1. The zero-order valence-electron chi connectivity index (χ0n) is 10.9. The van der Waals surface area contributed by atoms with Crippen LogP contribution >= 0.6 is 0 Å². The number of nitrogen functional groups attached to an aromatic ring is 1. The second-order valence-corrected chi connectivity index (χ2v) is 3.90. The molecule has 1 aromatic rings. The summed E-state index contributed by atoms with van der Waals surface area (Å²) in [6, 6.07) is 2.47. The van der Waals surface area contributed by atoms with E-state index in [4.69, 9.17) is 15.7 Å². The van der Waals surface area contributed by atoms with Crippen molar-refractivity contribution in [3.63, 3.8) is 0 Å². The fraction of sp³-hybridized carbons (Fsp3) is 0.636. The van der Waals surface area contributed by atoms with E-state index in [-0.39, 0.29) is 18.0 Å². The van der Waals surface area contributed by atoms with Crippen LogP contribution in [0, 0.1) is 11.3 Å². The van der Waals surface area contributed by atoms with Crippen molar-refractivity contribution in [3.05, 3.63) is 0 Å². The van der Waals surface area contributed by atoms with Gasteiger partial charge < -0.3 is 15.4 Å². The van der Waals surface area contributed by atoms with Crippen molar-refractivity contribution >= 4 is 11.9 Å². The first kappa shape index (κ1) is 14.0. The summed E-state index contributed by atoms with van der Waals surface area (Å²) in [6.07, 6.45) is 0.397. The molecule has 0 spiro atoms. The highest BCUT2D eigenvalue weighted by Gasteiger charge is 2.15. The van der Waals surface area contributed by atoms with Crippen molar-refractivity contribution in [1.29, 1.82) is 5.26 Å². The number of anilines is 2. The maximum atomic E-state index is 8.66. The van der Waals surface area contributed by atoms with Gasteiger partial charge in [-0.2, -0.15) is 20.2 Å². The van der Waals surface area contributed by atoms with E-state index in [0.29, 0.717) is 25.5 Å². The number of hydrogen-bond acceptors (Lipinski definition) is 7. The Bertz CT molecular complexity index is 428. The SMILES string of the molecule is CCOc1nc(N)nc(N(CCC#N)C(C)C)n1. The molecule has 0 amide bonds. The van der Waals surface area contributed by atoms with E-state index < -0.39 is 0 Å². The molecule has 0 aliphatic carbocycles. The number of ether oxygens (including phenoxy) is 1. The van der Waals surface area contributed by atoms with E-state index in [0.717, 1.165) is 0 Å². The van der Waals surface area contributed by atoms with Crippen molar-refractivity contribution in [3.8, 4) is 12.1 Å². The maximum Gasteiger partial charge on any atom is 0.323 e. The third kappa shape index (κ3) is 3.73. The van der Waals surface area contributed by atoms with Gasteiger partial charge in [0.1, 0.15) is 0 Å². The summed E-state index contributed by atoms with van der Waals surface area (Å²) in [7, 11) is 0. The molecule has 0 aromatic carbocycles. The molecule has 1 aromatic heterocycles. The minimum atomic E-state index is 0.117. The van der Waals surface area contributed by atoms with Crippen LogP contribution in [0.3, 0.4) is 0 Å². The Kier molecular flexibility index (Phi) is 5.11. The fourth-order valence-electron chi connectivity index (χ4n) is 1.44. The Morgan fingerprint density at radius 3 is 2.67 bits per heavy atom. The minimum Gasteiger partial charge on any atom is -0.464 e. The molecule has 0 aliphatic heterocycles. The average Bonchev–Trinajstić information content (AvgIpc) is 2.28. The van der Waals surface area contributed by atoms with E-state index in [9.17, 15) is 0 Å². The van der Waals surface area contributed by atoms with Gasteiger partial charge in [-0.05, 0) is 20.8 Å². The highest BCUT2D eigenvalue weighted by atomic mass is 16.5. The third-order valence-corrected chi connectivity index (χ3v) is 2.24. The van der Waals surface area contributed by atoms with Crippen LogP contribution in [0.4, 0.5) is 11.9 Å². The summed E-state index contributed by atoms with van der Waals surface area (Å²) in [6.45, 7) is 6.84. The number of aromatic nitrogens is 3. The molecule has 7 nitrogen and oxygen atoms in total. The van der Waals surface area contributed by atoms with Crippen LogP contribution in [0.1, 0.15) is 27.2 Å². The van der Waals surface area contributed by atoms with Gasteiger partial charge >= 0.3 is 6.01 Å². The molecule has 0 saturated heterocycles. The van der Waals surface area contributed by atoms with Gasteiger partial charge in [0.15, 0.2) is 0 Å². The quantitative estimate of drug-likeness (QED) is 0.803. The molecule has 2 N–H and O–H groups in total. The minimum absolute atomic E-state index is 0.117. The molecule has 18 heavy (non-hydrogen) atoms. The lowest BCUT2D eigenvalue weighted by Gasteiger charge is -2.25. The second-order valence-electron chi connectivity index (χ2n) is 3.90. The molecule has 7 heteroatoms. The Morgan fingerprint density at radius 1 is 1.39 bits per heavy atom. The van der Waals surface area contributed by atoms with Gasteiger partial charge in [0.25, 0.3) is 0 Å². The average molecular weight is 250 g/mol. The number of nitriles is 1. The number of nitrogens with zero attached hydrogens (tertiary/aromatic N) is 5. The van der Waals surface area contributed by atoms with Crippen LogP contribution in [0.25, 0.3) is 0 Å². The Balaban J connectivity index is 3.00. The van der Waals surface area contributed by atoms with Gasteiger partial charge in [-0.3, -0.25) is 0 Å². The molecule has 0 unspecified atom stereocenters. The molecule has 1 rings (SSSR count). The molecule has 1 heterocycles. The molecule has 0 aliphatic rings. The zero-order valence-corrected chi connectivity index (χ0v) is 10.9. The largest absolute Gasteiger partial charge is 0.464 e. The molecule has 0 bridgehead atoms. The molecule has 98 valence electrons. The summed E-state index contributed by atoms with van der Waals surface area (Å²) in [5, 5.41) is 8.66. The third-order valence-electron chi connectivity index (χ3n) is 2.24.